The minimum absolute atomic E-state index is 0.0395. The van der Waals surface area contributed by atoms with Crippen molar-refractivity contribution in [3.63, 3.8) is 0 Å². The van der Waals surface area contributed by atoms with E-state index in [0.29, 0.717) is 0 Å². The Kier molecular flexibility index (Phi) is 4.56. The van der Waals surface area contributed by atoms with E-state index in [-0.39, 0.29) is 18.0 Å². The van der Waals surface area contributed by atoms with Crippen molar-refractivity contribution in [3.8, 4) is 0 Å². The number of aliphatic imine (C=N–C) groups is 1. The van der Waals surface area contributed by atoms with Gasteiger partial charge >= 0.3 is 5.97 Å². The second-order valence-electron chi connectivity index (χ2n) is 6.09. The molecule has 2 atom stereocenters. The van der Waals surface area contributed by atoms with Gasteiger partial charge in [-0.05, 0) is 31.4 Å². The maximum atomic E-state index is 12.5. The molecule has 118 valence electrons. The van der Waals surface area contributed by atoms with Gasteiger partial charge in [0.05, 0.1) is 6.10 Å². The highest BCUT2D eigenvalue weighted by Crippen LogP contribution is 2.34. The zero-order valence-corrected chi connectivity index (χ0v) is 13.5. The van der Waals surface area contributed by atoms with Gasteiger partial charge in [-0.1, -0.05) is 60.7 Å². The molecule has 3 nitrogen and oxygen atoms in total. The zero-order valence-electron chi connectivity index (χ0n) is 13.5. The average molecular weight is 307 g/mol. The van der Waals surface area contributed by atoms with Crippen molar-refractivity contribution in [1.29, 1.82) is 0 Å². The fourth-order valence-electron chi connectivity index (χ4n) is 2.97. The number of ether oxygens (including phenoxy) is 1. The Labute approximate surface area is 137 Å². The van der Waals surface area contributed by atoms with Gasteiger partial charge in [0.2, 0.25) is 0 Å². The van der Waals surface area contributed by atoms with E-state index >= 15 is 0 Å². The number of carbonyl (C=O) groups is 1. The highest BCUT2D eigenvalue weighted by Gasteiger charge is 2.37. The van der Waals surface area contributed by atoms with Gasteiger partial charge < -0.3 is 4.74 Å². The molecule has 1 aliphatic heterocycles. The molecule has 1 heterocycles. The van der Waals surface area contributed by atoms with Gasteiger partial charge in [-0.3, -0.25) is 4.99 Å². The summed E-state index contributed by atoms with van der Waals surface area (Å²) in [4.78, 5) is 17.2. The van der Waals surface area contributed by atoms with E-state index in [9.17, 15) is 4.79 Å². The molecule has 0 N–H and O–H groups in total. The lowest BCUT2D eigenvalue weighted by Crippen LogP contribution is -2.27. The minimum Gasteiger partial charge on any atom is -0.461 e. The Bertz CT molecular complexity index is 692. The number of benzene rings is 2. The summed E-state index contributed by atoms with van der Waals surface area (Å²) in [5, 5.41) is 0. The molecule has 0 aliphatic carbocycles. The molecule has 0 fully saturated rings. The predicted molar refractivity (Wildman–Crippen MR) is 91.8 cm³/mol. The Morgan fingerprint density at radius 2 is 1.65 bits per heavy atom. The quantitative estimate of drug-likeness (QED) is 0.801. The first-order chi connectivity index (χ1) is 11.1. The first-order valence-corrected chi connectivity index (χ1v) is 8.02. The molecule has 0 saturated carbocycles. The van der Waals surface area contributed by atoms with Gasteiger partial charge in [-0.25, -0.2) is 4.79 Å². The average Bonchev–Trinajstić information content (AvgIpc) is 3.01. The Morgan fingerprint density at radius 1 is 1.04 bits per heavy atom. The summed E-state index contributed by atoms with van der Waals surface area (Å²) < 4.78 is 5.42. The molecule has 3 rings (SSSR count). The number of hydrogen-bond donors (Lipinski definition) is 0. The van der Waals surface area contributed by atoms with Crippen LogP contribution in [-0.2, 0) is 9.53 Å². The molecular formula is C20H21NO2. The van der Waals surface area contributed by atoms with Crippen molar-refractivity contribution < 1.29 is 9.53 Å². The number of carbonyl (C=O) groups excluding carboxylic acids is 1. The summed E-state index contributed by atoms with van der Waals surface area (Å²) >= 11 is 0. The van der Waals surface area contributed by atoms with Gasteiger partial charge in [0, 0.05) is 11.6 Å². The van der Waals surface area contributed by atoms with Gasteiger partial charge in [0.15, 0.2) is 6.04 Å². The van der Waals surface area contributed by atoms with Crippen LogP contribution in [0.4, 0.5) is 0 Å². The first kappa shape index (κ1) is 15.5. The summed E-state index contributed by atoms with van der Waals surface area (Å²) in [5.41, 5.74) is 3.19. The Hall–Kier alpha value is -2.42. The molecule has 0 bridgehead atoms. The van der Waals surface area contributed by atoms with Crippen LogP contribution >= 0.6 is 0 Å². The van der Waals surface area contributed by atoms with E-state index in [4.69, 9.17) is 9.73 Å². The molecule has 23 heavy (non-hydrogen) atoms. The number of nitrogens with zero attached hydrogens (tertiary/aromatic N) is 1. The van der Waals surface area contributed by atoms with E-state index in [1.54, 1.807) is 0 Å². The first-order valence-electron chi connectivity index (χ1n) is 8.02. The van der Waals surface area contributed by atoms with Crippen LogP contribution < -0.4 is 0 Å². The Balaban J connectivity index is 1.92. The number of rotatable bonds is 4. The molecule has 2 aromatic rings. The van der Waals surface area contributed by atoms with Crippen molar-refractivity contribution in [2.24, 2.45) is 4.99 Å². The highest BCUT2D eigenvalue weighted by atomic mass is 16.5. The molecule has 0 aromatic heterocycles. The van der Waals surface area contributed by atoms with E-state index < -0.39 is 6.04 Å². The van der Waals surface area contributed by atoms with E-state index in [1.807, 2.05) is 62.4 Å². The van der Waals surface area contributed by atoms with Gasteiger partial charge in [0.25, 0.3) is 0 Å². The third-order valence-electron chi connectivity index (χ3n) is 4.02. The third-order valence-corrected chi connectivity index (χ3v) is 4.02. The second kappa shape index (κ2) is 6.78. The van der Waals surface area contributed by atoms with Gasteiger partial charge in [-0.15, -0.1) is 0 Å². The second-order valence-corrected chi connectivity index (χ2v) is 6.09. The van der Waals surface area contributed by atoms with Crippen LogP contribution in [0.1, 0.15) is 37.3 Å². The van der Waals surface area contributed by atoms with Crippen molar-refractivity contribution >= 4 is 11.7 Å². The van der Waals surface area contributed by atoms with Crippen molar-refractivity contribution in [2.45, 2.75) is 38.3 Å². The maximum absolute atomic E-state index is 12.5. The molecule has 0 radical (unpaired) electrons. The number of hydrogen-bond acceptors (Lipinski definition) is 3. The van der Waals surface area contributed by atoms with Gasteiger partial charge in [-0.2, -0.15) is 0 Å². The lowest BCUT2D eigenvalue weighted by molar-refractivity contribution is -0.149. The Morgan fingerprint density at radius 3 is 2.26 bits per heavy atom. The number of esters is 1. The molecular weight excluding hydrogens is 286 g/mol. The fourth-order valence-corrected chi connectivity index (χ4v) is 2.97. The van der Waals surface area contributed by atoms with Crippen molar-refractivity contribution in [3.05, 3.63) is 71.8 Å². The monoisotopic (exact) mass is 307 g/mol. The summed E-state index contributed by atoms with van der Waals surface area (Å²) in [5.74, 6) is -0.197. The standard InChI is InChI=1S/C20H21NO2/c1-14(2)23-20(22)19-17(15-9-5-3-6-10-15)13-18(21-19)16-11-7-4-8-12-16/h3-12,14,17,19H,13H2,1-2H3/t17-,19+/m1/s1. The lowest BCUT2D eigenvalue weighted by Gasteiger charge is -2.18. The van der Waals surface area contributed by atoms with E-state index in [0.717, 1.165) is 23.3 Å². The van der Waals surface area contributed by atoms with Crippen LogP contribution in [0.15, 0.2) is 65.7 Å². The molecule has 0 amide bonds. The lowest BCUT2D eigenvalue weighted by atomic mass is 9.89. The van der Waals surface area contributed by atoms with Crippen LogP contribution in [0.2, 0.25) is 0 Å². The van der Waals surface area contributed by atoms with Crippen LogP contribution in [0.5, 0.6) is 0 Å². The highest BCUT2D eigenvalue weighted by molar-refractivity contribution is 6.04. The van der Waals surface area contributed by atoms with Crippen molar-refractivity contribution in [1.82, 2.24) is 0 Å². The van der Waals surface area contributed by atoms with Crippen molar-refractivity contribution in [2.75, 3.05) is 0 Å². The molecule has 0 spiro atoms. The zero-order chi connectivity index (χ0) is 16.2. The van der Waals surface area contributed by atoms with E-state index in [1.165, 1.54) is 0 Å². The fraction of sp³-hybridized carbons (Fsp3) is 0.300. The van der Waals surface area contributed by atoms with Crippen LogP contribution in [-0.4, -0.2) is 23.8 Å². The summed E-state index contributed by atoms with van der Waals surface area (Å²) in [6.45, 7) is 3.73. The third kappa shape index (κ3) is 3.50. The molecule has 1 aliphatic rings. The van der Waals surface area contributed by atoms with Crippen LogP contribution in [0.3, 0.4) is 0 Å². The summed E-state index contributed by atoms with van der Waals surface area (Å²) in [7, 11) is 0. The topological polar surface area (TPSA) is 38.7 Å². The summed E-state index contributed by atoms with van der Waals surface area (Å²) in [6.07, 6.45) is 0.626. The van der Waals surface area contributed by atoms with E-state index in [2.05, 4.69) is 12.1 Å². The summed E-state index contributed by atoms with van der Waals surface area (Å²) in [6, 6.07) is 19.7. The smallest absolute Gasteiger partial charge is 0.331 e. The normalized spacial score (nSPS) is 20.4. The van der Waals surface area contributed by atoms with Gasteiger partial charge in [0.1, 0.15) is 0 Å². The predicted octanol–water partition coefficient (Wildman–Crippen LogP) is 3.98. The molecule has 2 aromatic carbocycles. The largest absolute Gasteiger partial charge is 0.461 e. The van der Waals surface area contributed by atoms with Crippen LogP contribution in [0.25, 0.3) is 0 Å². The molecule has 3 heteroatoms. The minimum atomic E-state index is -0.463. The maximum Gasteiger partial charge on any atom is 0.331 e. The SMILES string of the molecule is CC(C)OC(=O)[C@H]1N=C(c2ccccc2)C[C@@H]1c1ccccc1. The molecule has 0 saturated heterocycles. The van der Waals surface area contributed by atoms with Crippen LogP contribution in [0, 0.1) is 0 Å². The molecule has 0 unspecified atom stereocenters.